The SMILES string of the molecule is CCCCOc1ccc(C(Cc2ncnn2C)NN)cc1. The summed E-state index contributed by atoms with van der Waals surface area (Å²) in [7, 11) is 1.88. The summed E-state index contributed by atoms with van der Waals surface area (Å²) in [6.07, 6.45) is 4.44. The summed E-state index contributed by atoms with van der Waals surface area (Å²) in [5.41, 5.74) is 3.93. The Morgan fingerprint density at radius 1 is 1.33 bits per heavy atom. The van der Waals surface area contributed by atoms with Gasteiger partial charge in [-0.25, -0.2) is 4.98 Å². The van der Waals surface area contributed by atoms with Crippen molar-refractivity contribution in [3.63, 3.8) is 0 Å². The molecule has 0 bridgehead atoms. The van der Waals surface area contributed by atoms with Gasteiger partial charge >= 0.3 is 0 Å². The van der Waals surface area contributed by atoms with Gasteiger partial charge in [0, 0.05) is 13.5 Å². The Morgan fingerprint density at radius 3 is 2.67 bits per heavy atom. The predicted octanol–water partition coefficient (Wildman–Crippen LogP) is 1.74. The molecule has 1 aromatic heterocycles. The van der Waals surface area contributed by atoms with Crippen LogP contribution in [0.1, 0.15) is 37.2 Å². The second-order valence-corrected chi connectivity index (χ2v) is 4.99. The van der Waals surface area contributed by atoms with Crippen molar-refractivity contribution in [1.29, 1.82) is 0 Å². The minimum absolute atomic E-state index is 0.00223. The average molecular weight is 289 g/mol. The monoisotopic (exact) mass is 289 g/mol. The number of hydrazine groups is 1. The van der Waals surface area contributed by atoms with Gasteiger partial charge < -0.3 is 4.74 Å². The second kappa shape index (κ2) is 7.75. The van der Waals surface area contributed by atoms with E-state index in [9.17, 15) is 0 Å². The molecule has 2 rings (SSSR count). The number of aromatic nitrogens is 3. The van der Waals surface area contributed by atoms with Gasteiger partial charge in [0.2, 0.25) is 0 Å². The number of aryl methyl sites for hydroxylation is 1. The molecule has 3 N–H and O–H groups in total. The van der Waals surface area contributed by atoms with E-state index in [2.05, 4.69) is 22.4 Å². The predicted molar refractivity (Wildman–Crippen MR) is 81.6 cm³/mol. The first-order chi connectivity index (χ1) is 10.2. The van der Waals surface area contributed by atoms with Crippen molar-refractivity contribution < 1.29 is 4.74 Å². The third kappa shape index (κ3) is 4.27. The molecule has 0 saturated carbocycles. The van der Waals surface area contributed by atoms with Crippen LogP contribution in [0.4, 0.5) is 0 Å². The lowest BCUT2D eigenvalue weighted by atomic mass is 10.0. The molecule has 0 aliphatic rings. The Hall–Kier alpha value is -1.92. The van der Waals surface area contributed by atoms with Crippen molar-refractivity contribution in [3.8, 4) is 5.75 Å². The number of nitrogens with one attached hydrogen (secondary N) is 1. The Morgan fingerprint density at radius 2 is 2.10 bits per heavy atom. The summed E-state index contributed by atoms with van der Waals surface area (Å²) < 4.78 is 7.42. The van der Waals surface area contributed by atoms with Crippen LogP contribution in [0.25, 0.3) is 0 Å². The standard InChI is InChI=1S/C15H23N5O/c1-3-4-9-21-13-7-5-12(6-8-13)14(19-16)10-15-17-11-18-20(15)2/h5-8,11,14,19H,3-4,9-10,16H2,1-2H3. The lowest BCUT2D eigenvalue weighted by molar-refractivity contribution is 0.309. The van der Waals surface area contributed by atoms with Crippen LogP contribution < -0.4 is 16.0 Å². The maximum absolute atomic E-state index is 5.67. The molecule has 6 heteroatoms. The third-order valence-corrected chi connectivity index (χ3v) is 3.44. The molecule has 0 aliphatic carbocycles. The van der Waals surface area contributed by atoms with E-state index in [4.69, 9.17) is 10.6 Å². The van der Waals surface area contributed by atoms with Crippen LogP contribution in [0, 0.1) is 0 Å². The van der Waals surface area contributed by atoms with Crippen molar-refractivity contribution in [2.75, 3.05) is 6.61 Å². The van der Waals surface area contributed by atoms with Gasteiger partial charge in [-0.1, -0.05) is 25.5 Å². The molecule has 1 unspecified atom stereocenters. The zero-order valence-electron chi connectivity index (χ0n) is 12.6. The van der Waals surface area contributed by atoms with Crippen molar-refractivity contribution in [3.05, 3.63) is 42.0 Å². The molecule has 1 aromatic carbocycles. The van der Waals surface area contributed by atoms with Crippen molar-refractivity contribution in [2.45, 2.75) is 32.2 Å². The maximum Gasteiger partial charge on any atom is 0.138 e. The van der Waals surface area contributed by atoms with Gasteiger partial charge in [-0.3, -0.25) is 16.0 Å². The normalized spacial score (nSPS) is 12.3. The largest absolute Gasteiger partial charge is 0.494 e. The van der Waals surface area contributed by atoms with E-state index >= 15 is 0 Å². The van der Waals surface area contributed by atoms with Gasteiger partial charge in [0.25, 0.3) is 0 Å². The molecular formula is C15H23N5O. The molecule has 21 heavy (non-hydrogen) atoms. The second-order valence-electron chi connectivity index (χ2n) is 4.99. The summed E-state index contributed by atoms with van der Waals surface area (Å²) in [6, 6.07) is 8.01. The van der Waals surface area contributed by atoms with Crippen LogP contribution in [-0.4, -0.2) is 21.4 Å². The number of benzene rings is 1. The van der Waals surface area contributed by atoms with Gasteiger partial charge in [0.15, 0.2) is 0 Å². The molecule has 0 spiro atoms. The number of nitrogens with zero attached hydrogens (tertiary/aromatic N) is 3. The van der Waals surface area contributed by atoms with Crippen LogP contribution >= 0.6 is 0 Å². The smallest absolute Gasteiger partial charge is 0.138 e. The highest BCUT2D eigenvalue weighted by Gasteiger charge is 2.13. The van der Waals surface area contributed by atoms with Crippen LogP contribution in [0.5, 0.6) is 5.75 Å². The van der Waals surface area contributed by atoms with Crippen molar-refractivity contribution >= 4 is 0 Å². The molecule has 1 atom stereocenters. The highest BCUT2D eigenvalue weighted by molar-refractivity contribution is 5.29. The molecule has 114 valence electrons. The van der Waals surface area contributed by atoms with Gasteiger partial charge in [0.1, 0.15) is 17.9 Å². The van der Waals surface area contributed by atoms with Gasteiger partial charge in [-0.2, -0.15) is 5.10 Å². The van der Waals surface area contributed by atoms with Crippen LogP contribution in [0.3, 0.4) is 0 Å². The fraction of sp³-hybridized carbons (Fsp3) is 0.467. The Kier molecular flexibility index (Phi) is 5.71. The summed E-state index contributed by atoms with van der Waals surface area (Å²) >= 11 is 0. The fourth-order valence-electron chi connectivity index (χ4n) is 2.09. The number of hydrogen-bond acceptors (Lipinski definition) is 5. The summed E-state index contributed by atoms with van der Waals surface area (Å²) in [5.74, 6) is 7.45. The first kappa shape index (κ1) is 15.5. The molecule has 0 aliphatic heterocycles. The van der Waals surface area contributed by atoms with Gasteiger partial charge in [0.05, 0.1) is 12.6 Å². The van der Waals surface area contributed by atoms with E-state index in [-0.39, 0.29) is 6.04 Å². The third-order valence-electron chi connectivity index (χ3n) is 3.44. The molecule has 1 heterocycles. The number of nitrogens with two attached hydrogens (primary N) is 1. The highest BCUT2D eigenvalue weighted by atomic mass is 16.5. The Balaban J connectivity index is 2.00. The molecule has 0 amide bonds. The number of unbranched alkanes of at least 4 members (excludes halogenated alkanes) is 1. The first-order valence-corrected chi connectivity index (χ1v) is 7.26. The molecule has 0 radical (unpaired) electrons. The van der Waals surface area contributed by atoms with E-state index in [1.807, 2.05) is 31.3 Å². The number of ether oxygens (including phenoxy) is 1. The Bertz CT molecular complexity index is 537. The van der Waals surface area contributed by atoms with Crippen LogP contribution in [-0.2, 0) is 13.5 Å². The molecule has 2 aromatic rings. The van der Waals surface area contributed by atoms with Crippen molar-refractivity contribution in [1.82, 2.24) is 20.2 Å². The van der Waals surface area contributed by atoms with Crippen molar-refractivity contribution in [2.24, 2.45) is 12.9 Å². The van der Waals surface area contributed by atoms with E-state index in [0.717, 1.165) is 36.6 Å². The van der Waals surface area contributed by atoms with Gasteiger partial charge in [-0.15, -0.1) is 0 Å². The van der Waals surface area contributed by atoms with E-state index < -0.39 is 0 Å². The maximum atomic E-state index is 5.67. The minimum atomic E-state index is -0.00223. The topological polar surface area (TPSA) is 78.0 Å². The summed E-state index contributed by atoms with van der Waals surface area (Å²) in [6.45, 7) is 2.91. The average Bonchev–Trinajstić information content (AvgIpc) is 2.91. The van der Waals surface area contributed by atoms with E-state index in [1.165, 1.54) is 0 Å². The van der Waals surface area contributed by atoms with E-state index in [0.29, 0.717) is 6.42 Å². The molecule has 0 saturated heterocycles. The lowest BCUT2D eigenvalue weighted by Crippen LogP contribution is -2.30. The minimum Gasteiger partial charge on any atom is -0.494 e. The lowest BCUT2D eigenvalue weighted by Gasteiger charge is -2.16. The van der Waals surface area contributed by atoms with Crippen LogP contribution in [0.15, 0.2) is 30.6 Å². The number of hydrogen-bond donors (Lipinski definition) is 2. The van der Waals surface area contributed by atoms with Gasteiger partial charge in [-0.05, 0) is 24.1 Å². The van der Waals surface area contributed by atoms with Crippen LogP contribution in [0.2, 0.25) is 0 Å². The number of rotatable bonds is 8. The molecular weight excluding hydrogens is 266 g/mol. The fourth-order valence-corrected chi connectivity index (χ4v) is 2.09. The highest BCUT2D eigenvalue weighted by Crippen LogP contribution is 2.20. The zero-order chi connectivity index (χ0) is 15.1. The summed E-state index contributed by atoms with van der Waals surface area (Å²) in [4.78, 5) is 4.23. The zero-order valence-corrected chi connectivity index (χ0v) is 12.6. The Labute approximate surface area is 125 Å². The first-order valence-electron chi connectivity index (χ1n) is 7.26. The summed E-state index contributed by atoms with van der Waals surface area (Å²) in [5, 5.41) is 4.07. The van der Waals surface area contributed by atoms with E-state index in [1.54, 1.807) is 11.0 Å². The quantitative estimate of drug-likeness (QED) is 0.440. The molecule has 0 fully saturated rings. The molecule has 6 nitrogen and oxygen atoms in total.